The zero-order valence-electron chi connectivity index (χ0n) is 12.1. The molecule has 1 aliphatic rings. The number of rotatable bonds is 2. The first-order valence-corrected chi connectivity index (χ1v) is 7.74. The van der Waals surface area contributed by atoms with E-state index in [2.05, 4.69) is 24.1 Å². The van der Waals surface area contributed by atoms with Crippen molar-refractivity contribution in [3.8, 4) is 0 Å². The number of carbonyl (C=O) groups is 2. The molecule has 2 N–H and O–H groups in total. The second kappa shape index (κ2) is 6.34. The van der Waals surface area contributed by atoms with Crippen molar-refractivity contribution in [1.82, 2.24) is 9.88 Å². The number of carboxylic acids is 1. The van der Waals surface area contributed by atoms with Crippen LogP contribution in [-0.4, -0.2) is 50.6 Å². The molecule has 6 nitrogen and oxygen atoms in total. The van der Waals surface area contributed by atoms with E-state index in [1.54, 1.807) is 4.90 Å². The van der Waals surface area contributed by atoms with Crippen LogP contribution in [0, 0.1) is 0 Å². The predicted octanol–water partition coefficient (Wildman–Crippen LogP) is 2.53. The van der Waals surface area contributed by atoms with Crippen LogP contribution >= 0.6 is 11.8 Å². The number of carboxylic acid groups (broad SMARTS) is 1. The quantitative estimate of drug-likeness (QED) is 0.877. The lowest BCUT2D eigenvalue weighted by Crippen LogP contribution is -2.37. The maximum absolute atomic E-state index is 12.2. The average Bonchev–Trinajstić information content (AvgIpc) is 2.60. The van der Waals surface area contributed by atoms with Gasteiger partial charge in [0.15, 0.2) is 0 Å². The van der Waals surface area contributed by atoms with E-state index in [9.17, 15) is 9.59 Å². The number of aromatic nitrogens is 1. The van der Waals surface area contributed by atoms with Gasteiger partial charge in [-0.25, -0.2) is 9.59 Å². The summed E-state index contributed by atoms with van der Waals surface area (Å²) in [6.45, 7) is 5.74. The summed E-state index contributed by atoms with van der Waals surface area (Å²) in [6, 6.07) is 1.20. The van der Waals surface area contributed by atoms with Crippen molar-refractivity contribution in [3.63, 3.8) is 0 Å². The fraction of sp³-hybridized carbons (Fsp3) is 0.500. The topological polar surface area (TPSA) is 82.5 Å². The van der Waals surface area contributed by atoms with Gasteiger partial charge < -0.3 is 15.3 Å². The summed E-state index contributed by atoms with van der Waals surface area (Å²) < 4.78 is 0.180. The Labute approximate surface area is 127 Å². The molecule has 1 saturated heterocycles. The van der Waals surface area contributed by atoms with E-state index in [0.29, 0.717) is 18.8 Å². The normalized spacial score (nSPS) is 17.9. The molecule has 1 aromatic heterocycles. The van der Waals surface area contributed by atoms with Crippen LogP contribution in [0.1, 0.15) is 30.6 Å². The van der Waals surface area contributed by atoms with Crippen molar-refractivity contribution >= 4 is 29.4 Å². The lowest BCUT2D eigenvalue weighted by atomic mass is 10.1. The van der Waals surface area contributed by atoms with Crippen LogP contribution in [-0.2, 0) is 0 Å². The molecule has 2 amide bonds. The van der Waals surface area contributed by atoms with E-state index in [0.717, 1.165) is 12.2 Å². The van der Waals surface area contributed by atoms with Gasteiger partial charge in [0.05, 0.1) is 17.4 Å². The summed E-state index contributed by atoms with van der Waals surface area (Å²) in [6.07, 6.45) is 3.63. The molecule has 0 saturated carbocycles. The van der Waals surface area contributed by atoms with Crippen molar-refractivity contribution < 1.29 is 14.7 Å². The first kappa shape index (κ1) is 15.6. The lowest BCUT2D eigenvalue weighted by molar-refractivity contribution is 0.0696. The van der Waals surface area contributed by atoms with E-state index >= 15 is 0 Å². The van der Waals surface area contributed by atoms with Gasteiger partial charge in [-0.1, -0.05) is 13.8 Å². The number of hydrogen-bond donors (Lipinski definition) is 2. The molecule has 0 bridgehead atoms. The fourth-order valence-corrected chi connectivity index (χ4v) is 3.15. The van der Waals surface area contributed by atoms with Crippen molar-refractivity contribution in [3.05, 3.63) is 24.0 Å². The predicted molar refractivity (Wildman–Crippen MR) is 82.9 cm³/mol. The highest BCUT2D eigenvalue weighted by molar-refractivity contribution is 8.00. The number of anilines is 1. The Morgan fingerprint density at radius 3 is 2.86 bits per heavy atom. The van der Waals surface area contributed by atoms with Crippen LogP contribution < -0.4 is 5.32 Å². The largest absolute Gasteiger partial charge is 0.478 e. The number of thioether (sulfide) groups is 1. The Kier molecular flexibility index (Phi) is 4.72. The van der Waals surface area contributed by atoms with Gasteiger partial charge in [-0.05, 0) is 12.5 Å². The highest BCUT2D eigenvalue weighted by Crippen LogP contribution is 2.30. The van der Waals surface area contributed by atoms with Crippen LogP contribution in [0.4, 0.5) is 10.5 Å². The molecule has 0 spiro atoms. The van der Waals surface area contributed by atoms with Crippen LogP contribution in [0.2, 0.25) is 0 Å². The van der Waals surface area contributed by atoms with Crippen LogP contribution in [0.3, 0.4) is 0 Å². The Bertz CT molecular complexity index is 548. The van der Waals surface area contributed by atoms with Gasteiger partial charge in [0.25, 0.3) is 0 Å². The summed E-state index contributed by atoms with van der Waals surface area (Å²) in [5, 5.41) is 11.6. The van der Waals surface area contributed by atoms with Gasteiger partial charge in [-0.15, -0.1) is 0 Å². The maximum Gasteiger partial charge on any atom is 0.337 e. The van der Waals surface area contributed by atoms with E-state index in [1.165, 1.54) is 18.5 Å². The van der Waals surface area contributed by atoms with Crippen molar-refractivity contribution in [2.24, 2.45) is 0 Å². The standard InChI is InChI=1S/C14H19N3O3S/c1-14(2)3-4-17(5-6-21-14)13(20)16-11-7-10(12(18)19)8-15-9-11/h7-9H,3-6H2,1-2H3,(H,16,20)(H,18,19). The minimum Gasteiger partial charge on any atom is -0.478 e. The van der Waals surface area contributed by atoms with Crippen molar-refractivity contribution in [2.75, 3.05) is 24.2 Å². The summed E-state index contributed by atoms with van der Waals surface area (Å²) in [5.41, 5.74) is 0.455. The minimum atomic E-state index is -1.06. The summed E-state index contributed by atoms with van der Waals surface area (Å²) in [5.74, 6) is -0.167. The first-order chi connectivity index (χ1) is 9.87. The molecule has 2 heterocycles. The zero-order valence-corrected chi connectivity index (χ0v) is 12.9. The molecule has 2 rings (SSSR count). The third-order valence-electron chi connectivity index (χ3n) is 3.36. The average molecular weight is 309 g/mol. The number of carbonyl (C=O) groups excluding carboxylic acids is 1. The summed E-state index contributed by atoms with van der Waals surface area (Å²) in [4.78, 5) is 28.7. The molecule has 0 aromatic carbocycles. The van der Waals surface area contributed by atoms with E-state index < -0.39 is 5.97 Å². The second-order valence-electron chi connectivity index (χ2n) is 5.54. The van der Waals surface area contributed by atoms with Crippen LogP contribution in [0.15, 0.2) is 18.5 Å². The monoisotopic (exact) mass is 309 g/mol. The molecular formula is C14H19N3O3S. The van der Waals surface area contributed by atoms with Gasteiger partial charge in [-0.3, -0.25) is 4.98 Å². The van der Waals surface area contributed by atoms with E-state index in [4.69, 9.17) is 5.11 Å². The highest BCUT2D eigenvalue weighted by atomic mass is 32.2. The fourth-order valence-electron chi connectivity index (χ4n) is 2.05. The van der Waals surface area contributed by atoms with Crippen LogP contribution in [0.5, 0.6) is 0 Å². The van der Waals surface area contributed by atoms with Crippen molar-refractivity contribution in [2.45, 2.75) is 25.0 Å². The summed E-state index contributed by atoms with van der Waals surface area (Å²) >= 11 is 1.86. The molecule has 1 aliphatic heterocycles. The van der Waals surface area contributed by atoms with Crippen molar-refractivity contribution in [1.29, 1.82) is 0 Å². The molecule has 0 atom stereocenters. The SMILES string of the molecule is CC1(C)CCN(C(=O)Nc2cncc(C(=O)O)c2)CCS1. The number of nitrogens with zero attached hydrogens (tertiary/aromatic N) is 2. The number of nitrogens with one attached hydrogen (secondary N) is 1. The van der Waals surface area contributed by atoms with Gasteiger partial charge >= 0.3 is 12.0 Å². The smallest absolute Gasteiger partial charge is 0.337 e. The third kappa shape index (κ3) is 4.35. The van der Waals surface area contributed by atoms with E-state index in [1.807, 2.05) is 11.8 Å². The number of amides is 2. The molecule has 21 heavy (non-hydrogen) atoms. The molecule has 0 unspecified atom stereocenters. The first-order valence-electron chi connectivity index (χ1n) is 6.76. The zero-order chi connectivity index (χ0) is 15.5. The number of hydrogen-bond acceptors (Lipinski definition) is 4. The molecule has 1 fully saturated rings. The Hall–Kier alpha value is -1.76. The van der Waals surface area contributed by atoms with Gasteiger partial charge in [0.2, 0.25) is 0 Å². The Morgan fingerprint density at radius 2 is 2.14 bits per heavy atom. The van der Waals surface area contributed by atoms with Crippen LogP contribution in [0.25, 0.3) is 0 Å². The molecule has 114 valence electrons. The number of aromatic carboxylic acids is 1. The Balaban J connectivity index is 2.01. The summed E-state index contributed by atoms with van der Waals surface area (Å²) in [7, 11) is 0. The molecule has 1 aromatic rings. The maximum atomic E-state index is 12.2. The molecule has 7 heteroatoms. The minimum absolute atomic E-state index is 0.0559. The molecule has 0 radical (unpaired) electrons. The van der Waals surface area contributed by atoms with Gasteiger partial charge in [0.1, 0.15) is 0 Å². The lowest BCUT2D eigenvalue weighted by Gasteiger charge is -2.23. The second-order valence-corrected chi connectivity index (χ2v) is 7.34. The number of urea groups is 1. The Morgan fingerprint density at radius 1 is 1.38 bits per heavy atom. The van der Waals surface area contributed by atoms with Gasteiger partial charge in [-0.2, -0.15) is 11.8 Å². The molecular weight excluding hydrogens is 290 g/mol. The molecule has 0 aliphatic carbocycles. The van der Waals surface area contributed by atoms with E-state index in [-0.39, 0.29) is 16.3 Å². The highest BCUT2D eigenvalue weighted by Gasteiger charge is 2.26. The number of pyridine rings is 1. The third-order valence-corrected chi connectivity index (χ3v) is 4.73. The van der Waals surface area contributed by atoms with Gasteiger partial charge in [0, 0.05) is 29.8 Å².